The number of thiol groups is 2. The van der Waals surface area contributed by atoms with Gasteiger partial charge in [0.1, 0.15) is 0 Å². The Balaban J connectivity index is 4.21. The smallest absolute Gasteiger partial charge is 0.332 e. The minimum absolute atomic E-state index is 0.480. The maximum Gasteiger partial charge on any atom is 0.332 e. The van der Waals surface area contributed by atoms with Crippen LogP contribution in [0.1, 0.15) is 6.42 Å². The SMILES string of the molecule is COC(=O)C(S)(S)CC(=O)O. The van der Waals surface area contributed by atoms with Gasteiger partial charge in [-0.1, -0.05) is 0 Å². The van der Waals surface area contributed by atoms with Gasteiger partial charge < -0.3 is 9.84 Å². The Kier molecular flexibility index (Phi) is 3.74. The van der Waals surface area contributed by atoms with Crippen molar-refractivity contribution in [3.8, 4) is 0 Å². The molecule has 0 heterocycles. The number of carboxylic acids is 1. The van der Waals surface area contributed by atoms with Crippen molar-refractivity contribution in [2.45, 2.75) is 10.5 Å². The number of rotatable bonds is 3. The minimum Gasteiger partial charge on any atom is -0.481 e. The Morgan fingerprint density at radius 3 is 2.27 bits per heavy atom. The first-order chi connectivity index (χ1) is 4.90. The highest BCUT2D eigenvalue weighted by atomic mass is 32.2. The van der Waals surface area contributed by atoms with Crippen LogP contribution >= 0.6 is 25.3 Å². The molecule has 0 radical (unpaired) electrons. The van der Waals surface area contributed by atoms with Crippen molar-refractivity contribution in [3.63, 3.8) is 0 Å². The fourth-order valence-corrected chi connectivity index (χ4v) is 0.900. The van der Waals surface area contributed by atoms with Crippen LogP contribution in [0.4, 0.5) is 0 Å². The maximum absolute atomic E-state index is 10.7. The van der Waals surface area contributed by atoms with Gasteiger partial charge in [0.15, 0.2) is 4.08 Å². The summed E-state index contributed by atoms with van der Waals surface area (Å²) in [6, 6.07) is 0. The van der Waals surface area contributed by atoms with Gasteiger partial charge in [-0.05, 0) is 0 Å². The normalized spacial score (nSPS) is 10.8. The zero-order valence-electron chi connectivity index (χ0n) is 5.77. The van der Waals surface area contributed by atoms with Gasteiger partial charge >= 0.3 is 11.9 Å². The second-order valence-corrected chi connectivity index (χ2v) is 3.76. The van der Waals surface area contributed by atoms with Gasteiger partial charge in [-0.25, -0.2) is 4.79 Å². The van der Waals surface area contributed by atoms with E-state index >= 15 is 0 Å². The average Bonchev–Trinajstić information content (AvgIpc) is 1.83. The lowest BCUT2D eigenvalue weighted by Gasteiger charge is -2.16. The molecule has 0 amide bonds. The quantitative estimate of drug-likeness (QED) is 0.342. The van der Waals surface area contributed by atoms with Crippen LogP contribution in [0, 0.1) is 0 Å². The number of carbonyl (C=O) groups excluding carboxylic acids is 1. The standard InChI is InChI=1S/C5H8O4S2/c1-9-4(8)5(10,11)2-3(6)7/h10-11H,2H2,1H3,(H,6,7). The molecular formula is C5H8O4S2. The molecule has 6 heteroatoms. The molecule has 0 spiro atoms. The van der Waals surface area contributed by atoms with Crippen LogP contribution in [-0.4, -0.2) is 28.2 Å². The number of ether oxygens (including phenoxy) is 1. The van der Waals surface area contributed by atoms with Crippen molar-refractivity contribution < 1.29 is 19.4 Å². The molecule has 11 heavy (non-hydrogen) atoms. The number of esters is 1. The van der Waals surface area contributed by atoms with Crippen molar-refractivity contribution in [2.24, 2.45) is 0 Å². The molecule has 0 atom stereocenters. The predicted molar refractivity (Wildman–Crippen MR) is 45.0 cm³/mol. The van der Waals surface area contributed by atoms with Crippen molar-refractivity contribution in [2.75, 3.05) is 7.11 Å². The Morgan fingerprint density at radius 2 is 2.00 bits per heavy atom. The summed E-state index contributed by atoms with van der Waals surface area (Å²) < 4.78 is 2.72. The second-order valence-electron chi connectivity index (χ2n) is 1.88. The number of hydrogen-bond acceptors (Lipinski definition) is 5. The second kappa shape index (κ2) is 3.87. The average molecular weight is 196 g/mol. The summed E-state index contributed by atoms with van der Waals surface area (Å²) >= 11 is 7.42. The topological polar surface area (TPSA) is 63.6 Å². The fourth-order valence-electron chi connectivity index (χ4n) is 0.446. The lowest BCUT2D eigenvalue weighted by atomic mass is 10.3. The molecule has 0 aliphatic carbocycles. The number of carboxylic acid groups (broad SMARTS) is 1. The summed E-state index contributed by atoms with van der Waals surface area (Å²) in [7, 11) is 1.14. The molecule has 0 fully saturated rings. The molecule has 0 aliphatic rings. The van der Waals surface area contributed by atoms with Gasteiger partial charge in [0.2, 0.25) is 0 Å². The molecule has 0 rings (SSSR count). The van der Waals surface area contributed by atoms with Crippen LogP contribution in [0.5, 0.6) is 0 Å². The summed E-state index contributed by atoms with van der Waals surface area (Å²) in [6.07, 6.45) is -0.480. The molecule has 0 unspecified atom stereocenters. The van der Waals surface area contributed by atoms with Gasteiger partial charge in [-0.2, -0.15) is 0 Å². The van der Waals surface area contributed by atoms with Crippen LogP contribution < -0.4 is 0 Å². The highest BCUT2D eigenvalue weighted by Gasteiger charge is 2.33. The first kappa shape index (κ1) is 10.6. The fraction of sp³-hybridized carbons (Fsp3) is 0.600. The van der Waals surface area contributed by atoms with E-state index in [0.29, 0.717) is 0 Å². The van der Waals surface area contributed by atoms with Crippen LogP contribution in [0.15, 0.2) is 0 Å². The molecule has 0 saturated carbocycles. The summed E-state index contributed by atoms with van der Waals surface area (Å²) in [4.78, 5) is 20.9. The van der Waals surface area contributed by atoms with Gasteiger partial charge in [-0.15, -0.1) is 25.3 Å². The van der Waals surface area contributed by atoms with Crippen molar-refractivity contribution in [3.05, 3.63) is 0 Å². The summed E-state index contributed by atoms with van der Waals surface area (Å²) in [5, 5.41) is 8.29. The molecule has 0 saturated heterocycles. The van der Waals surface area contributed by atoms with E-state index in [1.807, 2.05) is 0 Å². The summed E-state index contributed by atoms with van der Waals surface area (Å²) in [5.74, 6) is -1.92. The molecular weight excluding hydrogens is 188 g/mol. The largest absolute Gasteiger partial charge is 0.481 e. The van der Waals surface area contributed by atoms with E-state index in [0.717, 1.165) is 7.11 Å². The van der Waals surface area contributed by atoms with Crippen LogP contribution in [0.25, 0.3) is 0 Å². The van der Waals surface area contributed by atoms with E-state index in [9.17, 15) is 9.59 Å². The summed E-state index contributed by atoms with van der Waals surface area (Å²) in [6.45, 7) is 0. The first-order valence-corrected chi connectivity index (χ1v) is 3.54. The molecule has 0 aliphatic heterocycles. The lowest BCUT2D eigenvalue weighted by molar-refractivity contribution is -0.145. The van der Waals surface area contributed by atoms with Crippen molar-refractivity contribution >= 4 is 37.2 Å². The van der Waals surface area contributed by atoms with Gasteiger partial charge in [0, 0.05) is 0 Å². The molecule has 0 aromatic heterocycles. The molecule has 1 N–H and O–H groups in total. The number of hydrogen-bond donors (Lipinski definition) is 3. The third kappa shape index (κ3) is 3.52. The molecule has 0 aromatic rings. The number of aliphatic carboxylic acids is 1. The number of methoxy groups -OCH3 is 1. The van der Waals surface area contributed by atoms with Crippen LogP contribution in [-0.2, 0) is 14.3 Å². The van der Waals surface area contributed by atoms with Gasteiger partial charge in [0.25, 0.3) is 0 Å². The Hall–Kier alpha value is -0.360. The predicted octanol–water partition coefficient (Wildman–Crippen LogP) is 0.190. The lowest BCUT2D eigenvalue weighted by Crippen LogP contribution is -2.30. The minimum atomic E-state index is -1.54. The Labute approximate surface area is 74.7 Å². The van der Waals surface area contributed by atoms with E-state index in [2.05, 4.69) is 30.0 Å². The van der Waals surface area contributed by atoms with Crippen molar-refractivity contribution in [1.29, 1.82) is 0 Å². The van der Waals surface area contributed by atoms with Crippen molar-refractivity contribution in [1.82, 2.24) is 0 Å². The van der Waals surface area contributed by atoms with E-state index in [1.165, 1.54) is 0 Å². The van der Waals surface area contributed by atoms with E-state index in [1.54, 1.807) is 0 Å². The Morgan fingerprint density at radius 1 is 1.55 bits per heavy atom. The van der Waals surface area contributed by atoms with Crippen LogP contribution in [0.3, 0.4) is 0 Å². The van der Waals surface area contributed by atoms with Crippen LogP contribution in [0.2, 0.25) is 0 Å². The van der Waals surface area contributed by atoms with E-state index < -0.39 is 22.4 Å². The molecule has 4 nitrogen and oxygen atoms in total. The van der Waals surface area contributed by atoms with Gasteiger partial charge in [0.05, 0.1) is 13.5 Å². The van der Waals surface area contributed by atoms with Gasteiger partial charge in [-0.3, -0.25) is 4.79 Å². The maximum atomic E-state index is 10.7. The van der Waals surface area contributed by atoms with E-state index in [-0.39, 0.29) is 0 Å². The molecule has 0 aromatic carbocycles. The molecule has 0 bridgehead atoms. The first-order valence-electron chi connectivity index (χ1n) is 2.65. The highest BCUT2D eigenvalue weighted by molar-refractivity contribution is 8.02. The third-order valence-electron chi connectivity index (χ3n) is 0.910. The third-order valence-corrected chi connectivity index (χ3v) is 1.59. The molecule has 64 valence electrons. The zero-order chi connectivity index (χ0) is 9.07. The zero-order valence-corrected chi connectivity index (χ0v) is 7.56. The highest BCUT2D eigenvalue weighted by Crippen LogP contribution is 2.25. The van der Waals surface area contributed by atoms with E-state index in [4.69, 9.17) is 5.11 Å². The monoisotopic (exact) mass is 196 g/mol. The number of carbonyl (C=O) groups is 2. The Bertz CT molecular complexity index is 177. The summed E-state index contributed by atoms with van der Waals surface area (Å²) in [5.41, 5.74) is 0.